The SMILES string of the molecule is CC(C)(C)OC(=O)NCc1cnc(S(C)(=O)=O)nc1. The number of nitrogens with zero attached hydrogens (tertiary/aromatic N) is 2. The number of nitrogens with one attached hydrogen (secondary N) is 1. The van der Waals surface area contributed by atoms with Gasteiger partial charge in [-0.15, -0.1) is 0 Å². The van der Waals surface area contributed by atoms with Crippen LogP contribution in [0.15, 0.2) is 17.6 Å². The highest BCUT2D eigenvalue weighted by Gasteiger charge is 2.16. The molecule has 0 atom stereocenters. The van der Waals surface area contributed by atoms with Gasteiger partial charge in [-0.2, -0.15) is 0 Å². The molecule has 0 fully saturated rings. The van der Waals surface area contributed by atoms with E-state index in [1.165, 1.54) is 12.4 Å². The highest BCUT2D eigenvalue weighted by molar-refractivity contribution is 7.90. The minimum absolute atomic E-state index is 0.166. The van der Waals surface area contributed by atoms with E-state index in [1.807, 2.05) is 0 Å². The normalized spacial score (nSPS) is 12.0. The van der Waals surface area contributed by atoms with Crippen molar-refractivity contribution in [1.29, 1.82) is 0 Å². The molecule has 0 aromatic carbocycles. The average molecular weight is 287 g/mol. The van der Waals surface area contributed by atoms with E-state index < -0.39 is 21.5 Å². The van der Waals surface area contributed by atoms with Crippen LogP contribution in [0, 0.1) is 0 Å². The predicted molar refractivity (Wildman–Crippen MR) is 68.2 cm³/mol. The summed E-state index contributed by atoms with van der Waals surface area (Å²) in [5, 5.41) is 2.28. The smallest absolute Gasteiger partial charge is 0.407 e. The van der Waals surface area contributed by atoms with Crippen LogP contribution in [0.4, 0.5) is 4.79 Å². The third kappa shape index (κ3) is 5.64. The summed E-state index contributed by atoms with van der Waals surface area (Å²) in [5.74, 6) is 0. The van der Waals surface area contributed by atoms with E-state index in [0.717, 1.165) is 6.26 Å². The second-order valence-electron chi connectivity index (χ2n) is 5.00. The fourth-order valence-electron chi connectivity index (χ4n) is 1.11. The van der Waals surface area contributed by atoms with E-state index in [9.17, 15) is 13.2 Å². The molecule has 7 nitrogen and oxygen atoms in total. The summed E-state index contributed by atoms with van der Waals surface area (Å²) in [6.07, 6.45) is 3.17. The van der Waals surface area contributed by atoms with Gasteiger partial charge in [0.2, 0.25) is 15.0 Å². The van der Waals surface area contributed by atoms with Crippen LogP contribution >= 0.6 is 0 Å². The number of rotatable bonds is 3. The molecular formula is C11H17N3O4S. The van der Waals surface area contributed by atoms with Crippen molar-refractivity contribution in [2.24, 2.45) is 0 Å². The number of hydrogen-bond donors (Lipinski definition) is 1. The van der Waals surface area contributed by atoms with Crippen LogP contribution in [-0.4, -0.2) is 36.3 Å². The van der Waals surface area contributed by atoms with Crippen molar-refractivity contribution >= 4 is 15.9 Å². The maximum Gasteiger partial charge on any atom is 0.407 e. The van der Waals surface area contributed by atoms with Gasteiger partial charge in [0.05, 0.1) is 0 Å². The molecule has 1 N–H and O–H groups in total. The first kappa shape index (κ1) is 15.4. The maximum atomic E-state index is 11.4. The van der Waals surface area contributed by atoms with Crippen molar-refractivity contribution in [1.82, 2.24) is 15.3 Å². The highest BCUT2D eigenvalue weighted by atomic mass is 32.2. The molecular weight excluding hydrogens is 270 g/mol. The number of hydrogen-bond acceptors (Lipinski definition) is 6. The summed E-state index contributed by atoms with van der Waals surface area (Å²) in [6, 6.07) is 0. The van der Waals surface area contributed by atoms with Gasteiger partial charge in [-0.05, 0) is 20.8 Å². The number of carbonyl (C=O) groups excluding carboxylic acids is 1. The van der Waals surface area contributed by atoms with Gasteiger partial charge in [0.15, 0.2) is 0 Å². The zero-order chi connectivity index (χ0) is 14.7. The molecule has 8 heteroatoms. The first-order valence-electron chi connectivity index (χ1n) is 5.56. The van der Waals surface area contributed by atoms with Gasteiger partial charge >= 0.3 is 6.09 Å². The lowest BCUT2D eigenvalue weighted by Crippen LogP contribution is -2.32. The number of aromatic nitrogens is 2. The molecule has 19 heavy (non-hydrogen) atoms. The van der Waals surface area contributed by atoms with Crippen LogP contribution in [0.5, 0.6) is 0 Å². The van der Waals surface area contributed by atoms with Crippen LogP contribution in [-0.2, 0) is 21.1 Å². The third-order valence-corrected chi connectivity index (χ3v) is 2.72. The molecule has 0 saturated heterocycles. The summed E-state index contributed by atoms with van der Waals surface area (Å²) in [5.41, 5.74) is 0.0130. The van der Waals surface area contributed by atoms with E-state index in [-0.39, 0.29) is 11.7 Å². The number of sulfone groups is 1. The molecule has 0 bridgehead atoms. The van der Waals surface area contributed by atoms with Crippen LogP contribution in [0.1, 0.15) is 26.3 Å². The van der Waals surface area contributed by atoms with Gasteiger partial charge in [-0.1, -0.05) is 0 Å². The summed E-state index contributed by atoms with van der Waals surface area (Å²) >= 11 is 0. The second kappa shape index (κ2) is 5.52. The molecule has 1 rings (SSSR count). The Morgan fingerprint density at radius 2 is 1.84 bits per heavy atom. The summed E-state index contributed by atoms with van der Waals surface area (Å²) in [4.78, 5) is 18.8. The molecule has 1 aromatic heterocycles. The van der Waals surface area contributed by atoms with Crippen LogP contribution < -0.4 is 5.32 Å². The molecule has 1 heterocycles. The second-order valence-corrected chi connectivity index (χ2v) is 6.91. The van der Waals surface area contributed by atoms with Crippen molar-refractivity contribution in [3.63, 3.8) is 0 Å². The molecule has 106 valence electrons. The fourth-order valence-corrected chi connectivity index (χ4v) is 1.60. The first-order valence-corrected chi connectivity index (χ1v) is 7.45. The zero-order valence-corrected chi connectivity index (χ0v) is 12.1. The minimum atomic E-state index is -3.41. The molecule has 0 aliphatic heterocycles. The third-order valence-electron chi connectivity index (χ3n) is 1.85. The number of carbonyl (C=O) groups is 1. The Morgan fingerprint density at radius 3 is 2.26 bits per heavy atom. The lowest BCUT2D eigenvalue weighted by molar-refractivity contribution is 0.0523. The Bertz CT molecular complexity index is 546. The molecule has 0 spiro atoms. The van der Waals surface area contributed by atoms with E-state index in [4.69, 9.17) is 4.74 Å². The average Bonchev–Trinajstić information content (AvgIpc) is 2.23. The topological polar surface area (TPSA) is 98.2 Å². The lowest BCUT2D eigenvalue weighted by atomic mass is 10.2. The van der Waals surface area contributed by atoms with Gasteiger partial charge < -0.3 is 10.1 Å². The largest absolute Gasteiger partial charge is 0.444 e. The quantitative estimate of drug-likeness (QED) is 0.829. The van der Waals surface area contributed by atoms with Gasteiger partial charge in [0.1, 0.15) is 5.60 Å². The Hall–Kier alpha value is -1.70. The molecule has 1 amide bonds. The van der Waals surface area contributed by atoms with Gasteiger partial charge in [0.25, 0.3) is 0 Å². The zero-order valence-electron chi connectivity index (χ0n) is 11.3. The minimum Gasteiger partial charge on any atom is -0.444 e. The van der Waals surface area contributed by atoms with Crippen molar-refractivity contribution in [3.05, 3.63) is 18.0 Å². The maximum absolute atomic E-state index is 11.4. The van der Waals surface area contributed by atoms with Gasteiger partial charge in [-0.3, -0.25) is 0 Å². The van der Waals surface area contributed by atoms with E-state index in [2.05, 4.69) is 15.3 Å². The van der Waals surface area contributed by atoms with Crippen LogP contribution in [0.25, 0.3) is 0 Å². The van der Waals surface area contributed by atoms with Crippen molar-refractivity contribution < 1.29 is 17.9 Å². The lowest BCUT2D eigenvalue weighted by Gasteiger charge is -2.19. The Morgan fingerprint density at radius 1 is 1.32 bits per heavy atom. The van der Waals surface area contributed by atoms with Gasteiger partial charge in [-0.25, -0.2) is 23.2 Å². The molecule has 1 aromatic rings. The van der Waals surface area contributed by atoms with Crippen molar-refractivity contribution in [3.8, 4) is 0 Å². The standard InChI is InChI=1S/C11H17N3O4S/c1-11(2,3)18-10(15)14-7-8-5-12-9(13-6-8)19(4,16)17/h5-6H,7H2,1-4H3,(H,14,15). The van der Waals surface area contributed by atoms with Crippen LogP contribution in [0.2, 0.25) is 0 Å². The summed E-state index contributed by atoms with van der Waals surface area (Å²) in [6.45, 7) is 5.45. The van der Waals surface area contributed by atoms with Crippen molar-refractivity contribution in [2.45, 2.75) is 38.1 Å². The molecule has 0 saturated carbocycles. The number of alkyl carbamates (subject to hydrolysis) is 1. The summed E-state index contributed by atoms with van der Waals surface area (Å²) in [7, 11) is -3.41. The Kier molecular flexibility index (Phi) is 4.46. The predicted octanol–water partition coefficient (Wildman–Crippen LogP) is 0.905. The Labute approximate surface area is 112 Å². The number of amides is 1. The number of ether oxygens (including phenoxy) is 1. The fraction of sp³-hybridized carbons (Fsp3) is 0.545. The molecule has 0 aliphatic rings. The van der Waals surface area contributed by atoms with Crippen molar-refractivity contribution in [2.75, 3.05) is 6.26 Å². The molecule has 0 radical (unpaired) electrons. The first-order chi connectivity index (χ1) is 8.58. The molecule has 0 aliphatic carbocycles. The van der Waals surface area contributed by atoms with E-state index in [0.29, 0.717) is 5.56 Å². The van der Waals surface area contributed by atoms with Crippen LogP contribution in [0.3, 0.4) is 0 Å². The molecule has 0 unspecified atom stereocenters. The monoisotopic (exact) mass is 287 g/mol. The van der Waals surface area contributed by atoms with E-state index >= 15 is 0 Å². The van der Waals surface area contributed by atoms with Gasteiger partial charge in [0, 0.05) is 30.8 Å². The Balaban J connectivity index is 2.58. The highest BCUT2D eigenvalue weighted by Crippen LogP contribution is 2.07. The van der Waals surface area contributed by atoms with E-state index in [1.54, 1.807) is 20.8 Å². The summed E-state index contributed by atoms with van der Waals surface area (Å²) < 4.78 is 27.4.